The Labute approximate surface area is 142 Å². The molecule has 7 heteroatoms. The predicted molar refractivity (Wildman–Crippen MR) is 91.2 cm³/mol. The van der Waals surface area contributed by atoms with Crippen LogP contribution in [0.3, 0.4) is 0 Å². The molecule has 2 heterocycles. The maximum Gasteiger partial charge on any atom is 0.261 e. The first-order chi connectivity index (χ1) is 11.8. The Morgan fingerprint density at radius 2 is 2.04 bits per heavy atom. The fraction of sp³-hybridized carbons (Fsp3) is 0.176. The number of rotatable bonds is 5. The highest BCUT2D eigenvalue weighted by Gasteiger charge is 2.25. The molecule has 1 amide bonds. The summed E-state index contributed by atoms with van der Waals surface area (Å²) >= 11 is 1.35. The molecule has 1 aliphatic carbocycles. The quantitative estimate of drug-likeness (QED) is 0.771. The van der Waals surface area contributed by atoms with E-state index in [0.717, 1.165) is 23.4 Å². The topological polar surface area (TPSA) is 77.0 Å². The maximum atomic E-state index is 12.5. The molecule has 6 nitrogen and oxygen atoms in total. The van der Waals surface area contributed by atoms with Gasteiger partial charge in [0.25, 0.3) is 5.91 Å². The molecule has 1 saturated carbocycles. The molecular formula is C17H14N4O2S. The highest BCUT2D eigenvalue weighted by Crippen LogP contribution is 2.31. The standard InChI is InChI=1S/C17H14N4O2S/c22-16(12-3-1-2-4-14(12)23-11-5-6-11)21-17-20-10-15(24-17)13-9-18-7-8-19-13/h1-4,7-11H,5-6H2,(H,20,21,22). The predicted octanol–water partition coefficient (Wildman–Crippen LogP) is 3.39. The molecule has 3 aromatic rings. The number of hydrogen-bond donors (Lipinski definition) is 1. The molecule has 24 heavy (non-hydrogen) atoms. The van der Waals surface area contributed by atoms with Crippen LogP contribution < -0.4 is 10.1 Å². The van der Waals surface area contributed by atoms with Crippen molar-refractivity contribution in [3.05, 3.63) is 54.6 Å². The van der Waals surface area contributed by atoms with Crippen LogP contribution in [0.15, 0.2) is 49.1 Å². The van der Waals surface area contributed by atoms with Crippen LogP contribution in [0.25, 0.3) is 10.6 Å². The third-order valence-electron chi connectivity index (χ3n) is 3.49. The van der Waals surface area contributed by atoms with Gasteiger partial charge in [0, 0.05) is 18.6 Å². The van der Waals surface area contributed by atoms with Crippen LogP contribution in [0, 0.1) is 0 Å². The fourth-order valence-corrected chi connectivity index (χ4v) is 2.94. The highest BCUT2D eigenvalue weighted by atomic mass is 32.1. The van der Waals surface area contributed by atoms with E-state index in [1.54, 1.807) is 30.9 Å². The van der Waals surface area contributed by atoms with Crippen LogP contribution in [0.5, 0.6) is 5.75 Å². The Morgan fingerprint density at radius 1 is 1.17 bits per heavy atom. The molecule has 1 aliphatic rings. The van der Waals surface area contributed by atoms with Crippen molar-refractivity contribution < 1.29 is 9.53 Å². The average Bonchev–Trinajstić information content (AvgIpc) is 3.31. The van der Waals surface area contributed by atoms with E-state index < -0.39 is 0 Å². The molecule has 4 rings (SSSR count). The van der Waals surface area contributed by atoms with E-state index in [1.165, 1.54) is 11.3 Å². The number of nitrogens with zero attached hydrogens (tertiary/aromatic N) is 3. The van der Waals surface area contributed by atoms with Gasteiger partial charge in [-0.05, 0) is 25.0 Å². The average molecular weight is 338 g/mol. The number of para-hydroxylation sites is 1. The Hall–Kier alpha value is -2.80. The lowest BCUT2D eigenvalue weighted by atomic mass is 10.2. The summed E-state index contributed by atoms with van der Waals surface area (Å²) in [6, 6.07) is 7.26. The van der Waals surface area contributed by atoms with E-state index in [-0.39, 0.29) is 12.0 Å². The van der Waals surface area contributed by atoms with Crippen LogP contribution in [0.4, 0.5) is 5.13 Å². The van der Waals surface area contributed by atoms with E-state index in [9.17, 15) is 4.79 Å². The molecule has 0 bridgehead atoms. The van der Waals surface area contributed by atoms with E-state index in [1.807, 2.05) is 18.2 Å². The molecule has 0 atom stereocenters. The van der Waals surface area contributed by atoms with Crippen molar-refractivity contribution >= 4 is 22.4 Å². The summed E-state index contributed by atoms with van der Waals surface area (Å²) in [4.78, 5) is 25.9. The van der Waals surface area contributed by atoms with E-state index in [2.05, 4.69) is 20.3 Å². The first-order valence-corrected chi connectivity index (χ1v) is 8.40. The van der Waals surface area contributed by atoms with Crippen molar-refractivity contribution in [1.29, 1.82) is 0 Å². The zero-order valence-corrected chi connectivity index (χ0v) is 13.5. The summed E-state index contributed by atoms with van der Waals surface area (Å²) in [6.45, 7) is 0. The van der Waals surface area contributed by atoms with E-state index in [4.69, 9.17) is 4.74 Å². The van der Waals surface area contributed by atoms with Crippen LogP contribution >= 0.6 is 11.3 Å². The van der Waals surface area contributed by atoms with E-state index >= 15 is 0 Å². The minimum Gasteiger partial charge on any atom is -0.490 e. The maximum absolute atomic E-state index is 12.5. The molecule has 0 aliphatic heterocycles. The number of hydrogen-bond acceptors (Lipinski definition) is 6. The third-order valence-corrected chi connectivity index (χ3v) is 4.43. The molecule has 0 radical (unpaired) electrons. The number of nitrogens with one attached hydrogen (secondary N) is 1. The number of amides is 1. The highest BCUT2D eigenvalue weighted by molar-refractivity contribution is 7.19. The molecule has 1 fully saturated rings. The van der Waals surface area contributed by atoms with Gasteiger partial charge < -0.3 is 4.74 Å². The largest absolute Gasteiger partial charge is 0.490 e. The number of ether oxygens (including phenoxy) is 1. The van der Waals surface area contributed by atoms with Gasteiger partial charge in [-0.3, -0.25) is 20.1 Å². The lowest BCUT2D eigenvalue weighted by Gasteiger charge is -2.09. The minimum atomic E-state index is -0.230. The molecule has 0 saturated heterocycles. The van der Waals surface area contributed by atoms with Gasteiger partial charge in [0.2, 0.25) is 0 Å². The molecule has 2 aromatic heterocycles. The second-order valence-electron chi connectivity index (χ2n) is 5.39. The van der Waals surface area contributed by atoms with Gasteiger partial charge in [-0.1, -0.05) is 23.5 Å². The van der Waals surface area contributed by atoms with Gasteiger partial charge in [-0.15, -0.1) is 0 Å². The van der Waals surface area contributed by atoms with Crippen molar-refractivity contribution in [1.82, 2.24) is 15.0 Å². The summed E-state index contributed by atoms with van der Waals surface area (Å²) in [7, 11) is 0. The van der Waals surface area contributed by atoms with Gasteiger partial charge in [-0.25, -0.2) is 4.98 Å². The second kappa shape index (κ2) is 6.37. The van der Waals surface area contributed by atoms with Crippen molar-refractivity contribution in [2.24, 2.45) is 0 Å². The van der Waals surface area contributed by atoms with Gasteiger partial charge in [0.1, 0.15) is 11.4 Å². The Kier molecular flexibility index (Phi) is 3.92. The van der Waals surface area contributed by atoms with Gasteiger partial charge in [0.15, 0.2) is 5.13 Å². The van der Waals surface area contributed by atoms with Crippen LogP contribution in [-0.4, -0.2) is 27.0 Å². The summed E-state index contributed by atoms with van der Waals surface area (Å²) in [5.74, 6) is 0.384. The smallest absolute Gasteiger partial charge is 0.261 e. The van der Waals surface area contributed by atoms with E-state index in [0.29, 0.717) is 16.4 Å². The summed E-state index contributed by atoms with van der Waals surface area (Å²) < 4.78 is 5.79. The lowest BCUT2D eigenvalue weighted by Crippen LogP contribution is -2.13. The van der Waals surface area contributed by atoms with Crippen molar-refractivity contribution in [2.45, 2.75) is 18.9 Å². The number of benzene rings is 1. The van der Waals surface area contributed by atoms with Crippen LogP contribution in [-0.2, 0) is 0 Å². The minimum absolute atomic E-state index is 0.230. The molecule has 1 N–H and O–H groups in total. The summed E-state index contributed by atoms with van der Waals surface area (Å²) in [6.07, 6.45) is 8.91. The normalized spacial score (nSPS) is 13.5. The lowest BCUT2D eigenvalue weighted by molar-refractivity contribution is 0.102. The molecule has 120 valence electrons. The first-order valence-electron chi connectivity index (χ1n) is 7.59. The van der Waals surface area contributed by atoms with Crippen molar-refractivity contribution in [2.75, 3.05) is 5.32 Å². The Balaban J connectivity index is 1.51. The van der Waals surface area contributed by atoms with Gasteiger partial charge >= 0.3 is 0 Å². The van der Waals surface area contributed by atoms with Gasteiger partial charge in [-0.2, -0.15) is 0 Å². The van der Waals surface area contributed by atoms with Crippen molar-refractivity contribution in [3.63, 3.8) is 0 Å². The number of carbonyl (C=O) groups excluding carboxylic acids is 1. The van der Waals surface area contributed by atoms with Gasteiger partial charge in [0.05, 0.1) is 22.7 Å². The fourth-order valence-electron chi connectivity index (χ4n) is 2.16. The Bertz CT molecular complexity index is 862. The summed E-state index contributed by atoms with van der Waals surface area (Å²) in [5.41, 5.74) is 1.24. The molecular weight excluding hydrogens is 324 g/mol. The van der Waals surface area contributed by atoms with Crippen LogP contribution in [0.1, 0.15) is 23.2 Å². The number of aromatic nitrogens is 3. The summed E-state index contributed by atoms with van der Waals surface area (Å²) in [5, 5.41) is 3.34. The molecule has 0 spiro atoms. The SMILES string of the molecule is O=C(Nc1ncc(-c2cnccn2)s1)c1ccccc1OC1CC1. The second-order valence-corrected chi connectivity index (χ2v) is 6.42. The first kappa shape index (κ1) is 14.8. The third kappa shape index (κ3) is 3.26. The Morgan fingerprint density at radius 3 is 2.83 bits per heavy atom. The monoisotopic (exact) mass is 338 g/mol. The number of thiazole rings is 1. The number of anilines is 1. The molecule has 1 aromatic carbocycles. The number of carbonyl (C=O) groups is 1. The zero-order chi connectivity index (χ0) is 16.4. The van der Waals surface area contributed by atoms with Crippen LogP contribution in [0.2, 0.25) is 0 Å². The van der Waals surface area contributed by atoms with Crippen molar-refractivity contribution in [3.8, 4) is 16.3 Å². The molecule has 0 unspecified atom stereocenters. The zero-order valence-electron chi connectivity index (χ0n) is 12.7.